The second-order valence-corrected chi connectivity index (χ2v) is 6.56. The zero-order valence-electron chi connectivity index (χ0n) is 11.0. The van der Waals surface area contributed by atoms with Crippen molar-refractivity contribution in [1.82, 2.24) is 9.03 Å². The zero-order chi connectivity index (χ0) is 13.7. The molecule has 0 spiro atoms. The van der Waals surface area contributed by atoms with Crippen LogP contribution >= 0.6 is 0 Å². The predicted octanol–water partition coefficient (Wildman–Crippen LogP) is 0.966. The van der Waals surface area contributed by atoms with Crippen molar-refractivity contribution < 1.29 is 8.42 Å². The van der Waals surface area contributed by atoms with Crippen LogP contribution in [0.2, 0.25) is 0 Å². The first-order valence-electron chi connectivity index (χ1n) is 6.64. The van der Waals surface area contributed by atoms with E-state index < -0.39 is 10.2 Å². The highest BCUT2D eigenvalue weighted by atomic mass is 32.2. The molecular weight excluding hydrogens is 262 g/mol. The summed E-state index contributed by atoms with van der Waals surface area (Å²) in [6.07, 6.45) is 3.02. The molecule has 2 rings (SSSR count). The highest BCUT2D eigenvalue weighted by Crippen LogP contribution is 2.12. The van der Waals surface area contributed by atoms with Crippen LogP contribution in [-0.2, 0) is 23.3 Å². The molecule has 0 radical (unpaired) electrons. The number of rotatable bonds is 5. The van der Waals surface area contributed by atoms with Gasteiger partial charge >= 0.3 is 0 Å². The van der Waals surface area contributed by atoms with Gasteiger partial charge in [-0.15, -0.1) is 0 Å². The van der Waals surface area contributed by atoms with Crippen LogP contribution in [0.1, 0.15) is 30.4 Å². The third kappa shape index (κ3) is 4.01. The molecule has 0 bridgehead atoms. The summed E-state index contributed by atoms with van der Waals surface area (Å²) in [6.45, 7) is 2.08. The Morgan fingerprint density at radius 1 is 1.05 bits per heavy atom. The van der Waals surface area contributed by atoms with Crippen molar-refractivity contribution in [3.63, 3.8) is 0 Å². The van der Waals surface area contributed by atoms with E-state index >= 15 is 0 Å². The first-order chi connectivity index (χ1) is 9.12. The van der Waals surface area contributed by atoms with Gasteiger partial charge in [0.25, 0.3) is 10.2 Å². The van der Waals surface area contributed by atoms with Gasteiger partial charge in [0, 0.05) is 26.2 Å². The Morgan fingerprint density at radius 3 is 2.21 bits per heavy atom. The fourth-order valence-electron chi connectivity index (χ4n) is 2.16. The van der Waals surface area contributed by atoms with Crippen molar-refractivity contribution in [2.45, 2.75) is 32.4 Å². The summed E-state index contributed by atoms with van der Waals surface area (Å²) in [4.78, 5) is 0. The fourth-order valence-corrected chi connectivity index (χ4v) is 3.43. The van der Waals surface area contributed by atoms with Crippen LogP contribution in [0.5, 0.6) is 0 Å². The third-order valence-corrected chi connectivity index (χ3v) is 4.93. The van der Waals surface area contributed by atoms with E-state index in [9.17, 15) is 8.42 Å². The minimum atomic E-state index is -3.34. The second-order valence-electron chi connectivity index (χ2n) is 4.81. The van der Waals surface area contributed by atoms with E-state index in [1.807, 2.05) is 24.3 Å². The lowest BCUT2D eigenvalue weighted by atomic mass is 10.1. The monoisotopic (exact) mass is 283 g/mol. The van der Waals surface area contributed by atoms with Gasteiger partial charge in [-0.25, -0.2) is 0 Å². The van der Waals surface area contributed by atoms with Crippen LogP contribution in [0.3, 0.4) is 0 Å². The molecule has 1 aromatic carbocycles. The van der Waals surface area contributed by atoms with Crippen LogP contribution in [-0.4, -0.2) is 25.8 Å². The quantitative estimate of drug-likeness (QED) is 0.845. The molecule has 1 aliphatic heterocycles. The molecule has 3 N–H and O–H groups in total. The molecule has 0 unspecified atom stereocenters. The number of hydrogen-bond acceptors (Lipinski definition) is 3. The lowest BCUT2D eigenvalue weighted by Crippen LogP contribution is -2.43. The Morgan fingerprint density at radius 2 is 1.63 bits per heavy atom. The highest BCUT2D eigenvalue weighted by molar-refractivity contribution is 7.87. The SMILES string of the molecule is NCc1ccc(CNS(=O)(=O)N2CCCCC2)cc1. The first kappa shape index (κ1) is 14.5. The van der Waals surface area contributed by atoms with Gasteiger partial charge in [0.15, 0.2) is 0 Å². The van der Waals surface area contributed by atoms with E-state index in [4.69, 9.17) is 5.73 Å². The number of nitrogens with zero attached hydrogens (tertiary/aromatic N) is 1. The number of nitrogens with two attached hydrogens (primary N) is 1. The molecule has 0 saturated carbocycles. The van der Waals surface area contributed by atoms with Gasteiger partial charge in [0.2, 0.25) is 0 Å². The highest BCUT2D eigenvalue weighted by Gasteiger charge is 2.22. The summed E-state index contributed by atoms with van der Waals surface area (Å²) in [7, 11) is -3.34. The molecule has 19 heavy (non-hydrogen) atoms. The van der Waals surface area contributed by atoms with Gasteiger partial charge in [-0.05, 0) is 24.0 Å². The molecule has 0 atom stereocenters. The van der Waals surface area contributed by atoms with Gasteiger partial charge < -0.3 is 5.73 Å². The molecule has 0 aromatic heterocycles. The summed E-state index contributed by atoms with van der Waals surface area (Å²) >= 11 is 0. The number of piperidine rings is 1. The summed E-state index contributed by atoms with van der Waals surface area (Å²) < 4.78 is 28.3. The van der Waals surface area contributed by atoms with Gasteiger partial charge in [-0.1, -0.05) is 30.7 Å². The lowest BCUT2D eigenvalue weighted by molar-refractivity contribution is 0.341. The van der Waals surface area contributed by atoms with E-state index in [1.165, 1.54) is 4.31 Å². The smallest absolute Gasteiger partial charge is 0.279 e. The van der Waals surface area contributed by atoms with E-state index in [1.54, 1.807) is 0 Å². The third-order valence-electron chi connectivity index (χ3n) is 3.37. The average molecular weight is 283 g/mol. The summed E-state index contributed by atoms with van der Waals surface area (Å²) in [5.74, 6) is 0. The molecule has 5 nitrogen and oxygen atoms in total. The van der Waals surface area contributed by atoms with Crippen LogP contribution in [0, 0.1) is 0 Å². The van der Waals surface area contributed by atoms with Gasteiger partial charge in [-0.3, -0.25) is 0 Å². The van der Waals surface area contributed by atoms with Crippen LogP contribution in [0.4, 0.5) is 0 Å². The maximum atomic E-state index is 12.1. The van der Waals surface area contributed by atoms with Crippen molar-refractivity contribution in [3.05, 3.63) is 35.4 Å². The van der Waals surface area contributed by atoms with Gasteiger partial charge in [-0.2, -0.15) is 17.4 Å². The Bertz CT molecular complexity index is 493. The maximum Gasteiger partial charge on any atom is 0.279 e. The van der Waals surface area contributed by atoms with Crippen LogP contribution in [0.25, 0.3) is 0 Å². The minimum absolute atomic E-state index is 0.323. The summed E-state index contributed by atoms with van der Waals surface area (Å²) in [5.41, 5.74) is 7.51. The number of hydrogen-bond donors (Lipinski definition) is 2. The lowest BCUT2D eigenvalue weighted by Gasteiger charge is -2.25. The van der Waals surface area contributed by atoms with Crippen molar-refractivity contribution in [2.24, 2.45) is 5.73 Å². The van der Waals surface area contributed by atoms with Crippen molar-refractivity contribution >= 4 is 10.2 Å². The molecule has 1 heterocycles. The molecule has 106 valence electrons. The van der Waals surface area contributed by atoms with Gasteiger partial charge in [0.1, 0.15) is 0 Å². The summed E-state index contributed by atoms with van der Waals surface area (Å²) in [5, 5.41) is 0. The number of benzene rings is 1. The van der Waals surface area contributed by atoms with Crippen molar-refractivity contribution in [3.8, 4) is 0 Å². The predicted molar refractivity (Wildman–Crippen MR) is 75.5 cm³/mol. The molecule has 0 aliphatic carbocycles. The maximum absolute atomic E-state index is 12.1. The molecule has 1 saturated heterocycles. The Hall–Kier alpha value is -0.950. The topological polar surface area (TPSA) is 75.4 Å². The average Bonchev–Trinajstić information content (AvgIpc) is 2.47. The molecule has 1 aromatic rings. The van der Waals surface area contributed by atoms with E-state index in [0.29, 0.717) is 26.2 Å². The summed E-state index contributed by atoms with van der Waals surface area (Å²) in [6, 6.07) is 7.65. The Balaban J connectivity index is 1.92. The zero-order valence-corrected chi connectivity index (χ0v) is 11.8. The molecule has 6 heteroatoms. The Labute approximate surface area is 115 Å². The normalized spacial score (nSPS) is 17.5. The standard InChI is InChI=1S/C13H21N3O2S/c14-10-12-4-6-13(7-5-12)11-15-19(17,18)16-8-2-1-3-9-16/h4-7,15H,1-3,8-11,14H2. The van der Waals surface area contributed by atoms with Crippen molar-refractivity contribution in [1.29, 1.82) is 0 Å². The first-order valence-corrected chi connectivity index (χ1v) is 8.08. The van der Waals surface area contributed by atoms with Crippen LogP contribution < -0.4 is 10.5 Å². The van der Waals surface area contributed by atoms with E-state index in [-0.39, 0.29) is 0 Å². The minimum Gasteiger partial charge on any atom is -0.326 e. The second kappa shape index (κ2) is 6.47. The fraction of sp³-hybridized carbons (Fsp3) is 0.538. The molecular formula is C13H21N3O2S. The molecule has 0 amide bonds. The largest absolute Gasteiger partial charge is 0.326 e. The molecule has 1 fully saturated rings. The van der Waals surface area contributed by atoms with Gasteiger partial charge in [0.05, 0.1) is 0 Å². The Kier molecular flexibility index (Phi) is 4.93. The van der Waals surface area contributed by atoms with Crippen molar-refractivity contribution in [2.75, 3.05) is 13.1 Å². The van der Waals surface area contributed by atoms with Crippen LogP contribution in [0.15, 0.2) is 24.3 Å². The number of nitrogens with one attached hydrogen (secondary N) is 1. The van der Waals surface area contributed by atoms with E-state index in [2.05, 4.69) is 4.72 Å². The molecule has 1 aliphatic rings. The van der Waals surface area contributed by atoms with E-state index in [0.717, 1.165) is 30.4 Å².